The second kappa shape index (κ2) is 5.40. The monoisotopic (exact) mass is 321 g/mol. The van der Waals surface area contributed by atoms with Crippen molar-refractivity contribution in [2.45, 2.75) is 24.3 Å². The number of hydrogen-bond acceptors (Lipinski definition) is 3. The molecule has 0 aromatic carbocycles. The predicted octanol–water partition coefficient (Wildman–Crippen LogP) is 1.32. The van der Waals surface area contributed by atoms with Crippen LogP contribution in [0.15, 0.2) is 0 Å². The molecule has 0 saturated heterocycles. The van der Waals surface area contributed by atoms with E-state index in [1.54, 1.807) is 0 Å². The van der Waals surface area contributed by atoms with Gasteiger partial charge in [-0.05, 0) is 6.92 Å². The molecule has 19 heavy (non-hydrogen) atoms. The van der Waals surface area contributed by atoms with Crippen LogP contribution in [0.2, 0.25) is 0 Å². The standard InChI is InChI=1S/C7H10F7NO3S/c1-4(6(10,11)12)5(8,9)7(13,14)19(17,18)15-2-3-16/h4,15-16H,2-3H2,1H3. The molecule has 116 valence electrons. The average molecular weight is 321 g/mol. The molecule has 0 radical (unpaired) electrons. The Hall–Kier alpha value is -0.620. The van der Waals surface area contributed by atoms with Crippen LogP contribution in [-0.4, -0.2) is 44.0 Å². The van der Waals surface area contributed by atoms with Crippen molar-refractivity contribution in [2.24, 2.45) is 5.92 Å². The van der Waals surface area contributed by atoms with Crippen molar-refractivity contribution >= 4 is 10.0 Å². The molecule has 0 aromatic heterocycles. The maximum absolute atomic E-state index is 13.1. The molecule has 0 fully saturated rings. The molecule has 0 spiro atoms. The third kappa shape index (κ3) is 3.48. The minimum Gasteiger partial charge on any atom is -0.395 e. The van der Waals surface area contributed by atoms with Gasteiger partial charge in [-0.3, -0.25) is 0 Å². The van der Waals surface area contributed by atoms with Crippen LogP contribution in [0.25, 0.3) is 0 Å². The first-order chi connectivity index (χ1) is 8.22. The topological polar surface area (TPSA) is 66.4 Å². The van der Waals surface area contributed by atoms with Crippen LogP contribution in [-0.2, 0) is 10.0 Å². The molecule has 0 aromatic rings. The van der Waals surface area contributed by atoms with Crippen LogP contribution in [0.3, 0.4) is 0 Å². The summed E-state index contributed by atoms with van der Waals surface area (Å²) in [5, 5.41) is 2.22. The molecule has 0 saturated carbocycles. The molecular formula is C7H10F7NO3S. The summed E-state index contributed by atoms with van der Waals surface area (Å²) in [4.78, 5) is 0. The molecule has 1 unspecified atom stereocenters. The fraction of sp³-hybridized carbons (Fsp3) is 1.00. The highest BCUT2D eigenvalue weighted by molar-refractivity contribution is 7.90. The van der Waals surface area contributed by atoms with E-state index < -0.39 is 46.4 Å². The van der Waals surface area contributed by atoms with E-state index in [4.69, 9.17) is 5.11 Å². The molecule has 0 aliphatic rings. The maximum atomic E-state index is 13.1. The van der Waals surface area contributed by atoms with Crippen molar-refractivity contribution in [3.63, 3.8) is 0 Å². The zero-order valence-corrected chi connectivity index (χ0v) is 10.1. The molecule has 0 aliphatic carbocycles. The highest BCUT2D eigenvalue weighted by Crippen LogP contribution is 2.48. The number of aliphatic hydroxyl groups is 1. The van der Waals surface area contributed by atoms with Gasteiger partial charge >= 0.3 is 17.4 Å². The molecular weight excluding hydrogens is 311 g/mol. The van der Waals surface area contributed by atoms with Gasteiger partial charge in [0.2, 0.25) is 0 Å². The van der Waals surface area contributed by atoms with Crippen molar-refractivity contribution in [1.82, 2.24) is 4.72 Å². The highest BCUT2D eigenvalue weighted by Gasteiger charge is 2.72. The molecule has 12 heteroatoms. The van der Waals surface area contributed by atoms with Crippen LogP contribution in [0.5, 0.6) is 0 Å². The van der Waals surface area contributed by atoms with Crippen molar-refractivity contribution in [1.29, 1.82) is 0 Å². The lowest BCUT2D eigenvalue weighted by molar-refractivity contribution is -0.277. The summed E-state index contributed by atoms with van der Waals surface area (Å²) in [7, 11) is -6.08. The summed E-state index contributed by atoms with van der Waals surface area (Å²) >= 11 is 0. The average Bonchev–Trinajstić information content (AvgIpc) is 2.23. The van der Waals surface area contributed by atoms with Crippen molar-refractivity contribution in [3.05, 3.63) is 0 Å². The van der Waals surface area contributed by atoms with Gasteiger partial charge in [0.15, 0.2) is 0 Å². The Labute approximate surface area is 103 Å². The van der Waals surface area contributed by atoms with E-state index in [-0.39, 0.29) is 6.92 Å². The minimum atomic E-state index is -6.08. The van der Waals surface area contributed by atoms with Crippen molar-refractivity contribution < 1.29 is 44.3 Å². The lowest BCUT2D eigenvalue weighted by Crippen LogP contribution is -2.57. The van der Waals surface area contributed by atoms with E-state index in [1.165, 1.54) is 0 Å². The number of rotatable bonds is 6. The van der Waals surface area contributed by atoms with Gasteiger partial charge in [0, 0.05) is 6.54 Å². The van der Waals surface area contributed by atoms with Gasteiger partial charge in [-0.15, -0.1) is 0 Å². The predicted molar refractivity (Wildman–Crippen MR) is 49.1 cm³/mol. The maximum Gasteiger partial charge on any atom is 0.421 e. The largest absolute Gasteiger partial charge is 0.421 e. The second-order valence-corrected chi connectivity index (χ2v) is 5.33. The van der Waals surface area contributed by atoms with Crippen LogP contribution in [0, 0.1) is 5.92 Å². The molecule has 2 N–H and O–H groups in total. The van der Waals surface area contributed by atoms with Gasteiger partial charge in [-0.1, -0.05) is 0 Å². The van der Waals surface area contributed by atoms with E-state index in [1.807, 2.05) is 0 Å². The van der Waals surface area contributed by atoms with Crippen LogP contribution < -0.4 is 4.72 Å². The summed E-state index contributed by atoms with van der Waals surface area (Å²) < 4.78 is 111. The molecule has 4 nitrogen and oxygen atoms in total. The SMILES string of the molecule is CC(C(F)(F)F)C(F)(F)C(F)(F)S(=O)(=O)NCCO. The minimum absolute atomic E-state index is 0.254. The Kier molecular flexibility index (Phi) is 5.23. The van der Waals surface area contributed by atoms with Gasteiger partial charge in [0.1, 0.15) is 5.92 Å². The lowest BCUT2D eigenvalue weighted by Gasteiger charge is -2.31. The smallest absolute Gasteiger partial charge is 0.395 e. The van der Waals surface area contributed by atoms with E-state index in [2.05, 4.69) is 0 Å². The Morgan fingerprint density at radius 3 is 1.84 bits per heavy atom. The first-order valence-electron chi connectivity index (χ1n) is 4.64. The fourth-order valence-electron chi connectivity index (χ4n) is 0.907. The zero-order chi connectivity index (χ0) is 15.7. The van der Waals surface area contributed by atoms with E-state index in [9.17, 15) is 39.2 Å². The second-order valence-electron chi connectivity index (χ2n) is 3.52. The number of sulfonamides is 1. The van der Waals surface area contributed by atoms with Crippen LogP contribution in [0.1, 0.15) is 6.92 Å². The molecule has 0 amide bonds. The van der Waals surface area contributed by atoms with Crippen molar-refractivity contribution in [2.75, 3.05) is 13.2 Å². The highest BCUT2D eigenvalue weighted by atomic mass is 32.2. The molecule has 0 rings (SSSR count). The van der Waals surface area contributed by atoms with E-state index in [0.29, 0.717) is 0 Å². The first kappa shape index (κ1) is 18.4. The van der Waals surface area contributed by atoms with Crippen LogP contribution >= 0.6 is 0 Å². The van der Waals surface area contributed by atoms with Gasteiger partial charge in [0.05, 0.1) is 6.61 Å². The Morgan fingerprint density at radius 2 is 1.53 bits per heavy atom. The summed E-state index contributed by atoms with van der Waals surface area (Å²) in [5.41, 5.74) is 0. The molecule has 0 bridgehead atoms. The Bertz CT molecular complexity index is 405. The number of hydrogen-bond donors (Lipinski definition) is 2. The van der Waals surface area contributed by atoms with E-state index in [0.717, 1.165) is 4.72 Å². The third-order valence-electron chi connectivity index (χ3n) is 2.16. The third-order valence-corrected chi connectivity index (χ3v) is 3.70. The van der Waals surface area contributed by atoms with Gasteiger partial charge < -0.3 is 5.11 Å². The van der Waals surface area contributed by atoms with Gasteiger partial charge in [-0.2, -0.15) is 30.7 Å². The summed E-state index contributed by atoms with van der Waals surface area (Å²) in [5.74, 6) is -9.74. The number of halogens is 7. The summed E-state index contributed by atoms with van der Waals surface area (Å²) in [6, 6.07) is 0. The Morgan fingerprint density at radius 1 is 1.11 bits per heavy atom. The van der Waals surface area contributed by atoms with Gasteiger partial charge in [0.25, 0.3) is 10.0 Å². The normalized spacial score (nSPS) is 16.5. The molecule has 0 heterocycles. The van der Waals surface area contributed by atoms with Crippen LogP contribution in [0.4, 0.5) is 30.7 Å². The number of aliphatic hydroxyl groups excluding tert-OH is 1. The Balaban J connectivity index is 5.51. The van der Waals surface area contributed by atoms with Gasteiger partial charge in [-0.25, -0.2) is 13.1 Å². The fourth-order valence-corrected chi connectivity index (χ4v) is 1.98. The summed E-state index contributed by atoms with van der Waals surface area (Å²) in [6.07, 6.45) is -5.71. The molecule has 1 atom stereocenters. The van der Waals surface area contributed by atoms with Crippen molar-refractivity contribution in [3.8, 4) is 0 Å². The lowest BCUT2D eigenvalue weighted by atomic mass is 10.0. The first-order valence-corrected chi connectivity index (χ1v) is 6.12. The molecule has 0 aliphatic heterocycles. The summed E-state index contributed by atoms with van der Waals surface area (Å²) in [6.45, 7) is -2.28. The number of nitrogens with one attached hydrogen (secondary N) is 1. The van der Waals surface area contributed by atoms with E-state index >= 15 is 0 Å². The number of alkyl halides is 7. The quantitative estimate of drug-likeness (QED) is 0.725. The zero-order valence-electron chi connectivity index (χ0n) is 9.31.